The molecule has 2 atom stereocenters. The van der Waals surface area contributed by atoms with Gasteiger partial charge in [-0.2, -0.15) is 10.2 Å². The number of fused-ring (bicyclic) bond motifs is 1. The summed E-state index contributed by atoms with van der Waals surface area (Å²) in [4.78, 5) is 14.4. The van der Waals surface area contributed by atoms with Crippen molar-refractivity contribution in [1.29, 1.82) is 5.26 Å². The highest BCUT2D eigenvalue weighted by atomic mass is 16.3. The van der Waals surface area contributed by atoms with Gasteiger partial charge in [0.05, 0.1) is 12.2 Å². The first-order chi connectivity index (χ1) is 17.5. The molecule has 2 aromatic carbocycles. The van der Waals surface area contributed by atoms with Gasteiger partial charge in [0.15, 0.2) is 6.23 Å². The molecule has 0 saturated heterocycles. The number of aromatic nitrogens is 3. The zero-order valence-electron chi connectivity index (χ0n) is 19.9. The van der Waals surface area contributed by atoms with Gasteiger partial charge in [0.2, 0.25) is 5.95 Å². The van der Waals surface area contributed by atoms with Crippen molar-refractivity contribution in [2.75, 3.05) is 16.0 Å². The number of rotatable bonds is 5. The third kappa shape index (κ3) is 4.24. The molecule has 1 aliphatic rings. The van der Waals surface area contributed by atoms with Crippen molar-refractivity contribution in [3.8, 4) is 17.2 Å². The zero-order valence-corrected chi connectivity index (χ0v) is 19.9. The maximum atomic E-state index is 11.9. The number of aliphatic hydroxyl groups excluding tert-OH is 1. The molecule has 8 nitrogen and oxygen atoms in total. The number of nitrogen functional groups attached to an aromatic ring is 1. The molecule has 0 amide bonds. The number of anilines is 3. The topological polar surface area (TPSA) is 124 Å². The van der Waals surface area contributed by atoms with Crippen molar-refractivity contribution in [3.63, 3.8) is 0 Å². The summed E-state index contributed by atoms with van der Waals surface area (Å²) in [6.07, 6.45) is 6.11. The lowest BCUT2D eigenvalue weighted by Gasteiger charge is -2.40. The van der Waals surface area contributed by atoms with Crippen LogP contribution in [0, 0.1) is 18.3 Å². The second kappa shape index (κ2) is 9.49. The largest absolute Gasteiger partial charge is 0.369 e. The van der Waals surface area contributed by atoms with Crippen LogP contribution in [-0.2, 0) is 0 Å². The molecule has 8 heteroatoms. The van der Waals surface area contributed by atoms with E-state index in [0.29, 0.717) is 5.82 Å². The molecule has 4 aromatic rings. The van der Waals surface area contributed by atoms with Crippen molar-refractivity contribution < 1.29 is 5.11 Å². The molecular formula is C28H25N7O. The van der Waals surface area contributed by atoms with Gasteiger partial charge >= 0.3 is 0 Å². The van der Waals surface area contributed by atoms with Gasteiger partial charge in [0, 0.05) is 34.9 Å². The summed E-state index contributed by atoms with van der Waals surface area (Å²) in [5.74, 6) is 0.411. The number of pyridine rings is 1. The number of nitrogens with one attached hydrogen (secondary N) is 1. The van der Waals surface area contributed by atoms with Crippen LogP contribution in [0.3, 0.4) is 0 Å². The fourth-order valence-electron chi connectivity index (χ4n) is 4.53. The second-order valence-electron chi connectivity index (χ2n) is 8.68. The van der Waals surface area contributed by atoms with Crippen LogP contribution in [0.15, 0.2) is 78.9 Å². The highest BCUT2D eigenvalue weighted by molar-refractivity contribution is 5.79. The molecule has 4 N–H and O–H groups in total. The summed E-state index contributed by atoms with van der Waals surface area (Å²) in [5.41, 5.74) is 12.3. The summed E-state index contributed by atoms with van der Waals surface area (Å²) < 4.78 is 0. The summed E-state index contributed by atoms with van der Waals surface area (Å²) in [6.45, 7) is 3.95. The van der Waals surface area contributed by atoms with Crippen LogP contribution in [-0.4, -0.2) is 26.1 Å². The van der Waals surface area contributed by atoms with E-state index in [1.54, 1.807) is 0 Å². The number of hydrogen-bond donors (Lipinski definition) is 3. The van der Waals surface area contributed by atoms with Gasteiger partial charge in [0.25, 0.3) is 0 Å². The van der Waals surface area contributed by atoms with Crippen LogP contribution in [0.25, 0.3) is 17.2 Å². The molecule has 0 saturated carbocycles. The Morgan fingerprint density at radius 1 is 1.11 bits per heavy atom. The predicted molar refractivity (Wildman–Crippen MR) is 141 cm³/mol. The standard InChI is InChI=1S/C28H25N7O/c1-17-11-20(15-31-14-17)23-10-6-7-19-12-24(18(2)33-26-21(13-29)16-32-28(30)34-26)35(27(36)25(19)23)22-8-4-3-5-9-22/h3-12,14-16,18,27,36H,1-2H3,(H3,30,32,33,34)/t18-,27?/m0/s1. The minimum atomic E-state index is -0.964. The number of hydrogen-bond acceptors (Lipinski definition) is 8. The predicted octanol–water partition coefficient (Wildman–Crippen LogP) is 4.65. The van der Waals surface area contributed by atoms with Crippen molar-refractivity contribution >= 4 is 23.5 Å². The molecule has 0 fully saturated rings. The number of nitriles is 1. The third-order valence-electron chi connectivity index (χ3n) is 6.17. The fourth-order valence-corrected chi connectivity index (χ4v) is 4.53. The zero-order chi connectivity index (χ0) is 25.2. The molecule has 0 aliphatic carbocycles. The lowest BCUT2D eigenvalue weighted by molar-refractivity contribution is 0.177. The minimum absolute atomic E-state index is 0.0722. The van der Waals surface area contributed by atoms with Gasteiger partial charge in [-0.25, -0.2) is 4.98 Å². The lowest BCUT2D eigenvalue weighted by Crippen LogP contribution is -2.38. The molecule has 5 rings (SSSR count). The van der Waals surface area contributed by atoms with E-state index in [0.717, 1.165) is 39.2 Å². The number of nitrogens with zero attached hydrogens (tertiary/aromatic N) is 5. The molecule has 1 aliphatic heterocycles. The summed E-state index contributed by atoms with van der Waals surface area (Å²) in [6, 6.07) is 19.5. The highest BCUT2D eigenvalue weighted by Crippen LogP contribution is 2.42. The van der Waals surface area contributed by atoms with Gasteiger partial charge < -0.3 is 21.1 Å². The third-order valence-corrected chi connectivity index (χ3v) is 6.17. The van der Waals surface area contributed by atoms with Crippen LogP contribution >= 0.6 is 0 Å². The molecule has 0 spiro atoms. The monoisotopic (exact) mass is 475 g/mol. The maximum absolute atomic E-state index is 11.9. The Kier molecular flexibility index (Phi) is 6.07. The average molecular weight is 476 g/mol. The van der Waals surface area contributed by atoms with E-state index >= 15 is 0 Å². The Hall–Kier alpha value is -4.74. The van der Waals surface area contributed by atoms with Crippen LogP contribution in [0.2, 0.25) is 0 Å². The highest BCUT2D eigenvalue weighted by Gasteiger charge is 2.33. The number of aliphatic hydroxyl groups is 1. The molecule has 2 aromatic heterocycles. The summed E-state index contributed by atoms with van der Waals surface area (Å²) in [7, 11) is 0. The Bertz CT molecular complexity index is 1490. The SMILES string of the molecule is Cc1cncc(-c2cccc3c2C(O)N(c2ccccc2)C([C@H](C)Nc2nc(N)ncc2C#N)=C3)c1. The Morgan fingerprint density at radius 2 is 1.92 bits per heavy atom. The van der Waals surface area contributed by atoms with Gasteiger partial charge in [-0.3, -0.25) is 4.98 Å². The molecule has 1 unspecified atom stereocenters. The Balaban J connectivity index is 1.65. The van der Waals surface area contributed by atoms with Gasteiger partial charge in [-0.1, -0.05) is 36.4 Å². The lowest BCUT2D eigenvalue weighted by atomic mass is 9.89. The van der Waals surface area contributed by atoms with E-state index in [4.69, 9.17) is 5.73 Å². The van der Waals surface area contributed by atoms with Gasteiger partial charge in [0.1, 0.15) is 17.5 Å². The molecule has 178 valence electrons. The van der Waals surface area contributed by atoms with Crippen LogP contribution < -0.4 is 16.0 Å². The van der Waals surface area contributed by atoms with Crippen LogP contribution in [0.5, 0.6) is 0 Å². The van der Waals surface area contributed by atoms with Crippen LogP contribution in [0.4, 0.5) is 17.5 Å². The molecule has 3 heterocycles. The van der Waals surface area contributed by atoms with Crippen molar-refractivity contribution in [1.82, 2.24) is 15.0 Å². The average Bonchev–Trinajstić information content (AvgIpc) is 2.89. The molecular weight excluding hydrogens is 450 g/mol. The van der Waals surface area contributed by atoms with E-state index in [1.165, 1.54) is 6.20 Å². The fraction of sp³-hybridized carbons (Fsp3) is 0.143. The molecule has 0 bridgehead atoms. The smallest absolute Gasteiger partial charge is 0.222 e. The van der Waals surface area contributed by atoms with Crippen molar-refractivity contribution in [2.24, 2.45) is 0 Å². The first-order valence-electron chi connectivity index (χ1n) is 11.5. The first-order valence-corrected chi connectivity index (χ1v) is 11.5. The second-order valence-corrected chi connectivity index (χ2v) is 8.68. The number of para-hydroxylation sites is 1. The number of benzene rings is 2. The first kappa shape index (κ1) is 23.0. The quantitative estimate of drug-likeness (QED) is 0.381. The minimum Gasteiger partial charge on any atom is -0.369 e. The summed E-state index contributed by atoms with van der Waals surface area (Å²) in [5, 5.41) is 24.7. The van der Waals surface area contributed by atoms with Gasteiger partial charge in [-0.05, 0) is 54.8 Å². The van der Waals surface area contributed by atoms with E-state index in [-0.39, 0.29) is 17.6 Å². The van der Waals surface area contributed by atoms with E-state index < -0.39 is 6.23 Å². The maximum Gasteiger partial charge on any atom is 0.222 e. The molecule has 0 radical (unpaired) electrons. The van der Waals surface area contributed by atoms with Gasteiger partial charge in [-0.15, -0.1) is 0 Å². The van der Waals surface area contributed by atoms with Crippen molar-refractivity contribution in [3.05, 3.63) is 101 Å². The van der Waals surface area contributed by atoms with E-state index in [2.05, 4.69) is 38.5 Å². The molecule has 36 heavy (non-hydrogen) atoms. The van der Waals surface area contributed by atoms with E-state index in [9.17, 15) is 10.4 Å². The number of aryl methyl sites for hydroxylation is 1. The summed E-state index contributed by atoms with van der Waals surface area (Å²) >= 11 is 0. The van der Waals surface area contributed by atoms with Crippen LogP contribution in [0.1, 0.15) is 35.4 Å². The Labute approximate surface area is 209 Å². The van der Waals surface area contributed by atoms with Crippen molar-refractivity contribution in [2.45, 2.75) is 26.1 Å². The normalized spacial score (nSPS) is 15.4. The Morgan fingerprint density at radius 3 is 2.67 bits per heavy atom. The van der Waals surface area contributed by atoms with E-state index in [1.807, 2.05) is 79.7 Å². The number of nitrogens with two attached hydrogens (primary N) is 1.